The van der Waals surface area contributed by atoms with Gasteiger partial charge < -0.3 is 14.7 Å². The molecule has 2 heterocycles. The van der Waals surface area contributed by atoms with Crippen LogP contribution in [0.25, 0.3) is 11.0 Å². The number of para-hydroxylation sites is 1. The van der Waals surface area contributed by atoms with Crippen LogP contribution in [-0.2, 0) is 36.6 Å². The van der Waals surface area contributed by atoms with Crippen molar-refractivity contribution in [1.82, 2.24) is 18.9 Å². The summed E-state index contributed by atoms with van der Waals surface area (Å²) in [4.78, 5) is 44.0. The van der Waals surface area contributed by atoms with E-state index in [0.717, 1.165) is 47.4 Å². The second-order valence-electron chi connectivity index (χ2n) is 9.50. The molecule has 2 amide bonds. The number of rotatable bonds is 3. The number of hydrogen-bond donors (Lipinski definition) is 0. The monoisotopic (exact) mass is 477 g/mol. The molecule has 8 nitrogen and oxygen atoms in total. The van der Waals surface area contributed by atoms with E-state index >= 15 is 0 Å². The third-order valence-corrected chi connectivity index (χ3v) is 7.01. The van der Waals surface area contributed by atoms with Crippen LogP contribution in [0.1, 0.15) is 30.9 Å². The van der Waals surface area contributed by atoms with Gasteiger partial charge in [0, 0.05) is 59.3 Å². The highest BCUT2D eigenvalue weighted by molar-refractivity contribution is 5.92. The van der Waals surface area contributed by atoms with Gasteiger partial charge >= 0.3 is 5.69 Å². The highest BCUT2D eigenvalue weighted by Gasteiger charge is 2.21. The number of benzene rings is 2. The Balaban J connectivity index is 1.55. The average Bonchev–Trinajstić information content (AvgIpc) is 3.04. The van der Waals surface area contributed by atoms with Crippen molar-refractivity contribution in [1.29, 1.82) is 0 Å². The van der Waals surface area contributed by atoms with E-state index in [9.17, 15) is 14.4 Å². The van der Waals surface area contributed by atoms with Crippen molar-refractivity contribution in [3.05, 3.63) is 64.1 Å². The van der Waals surface area contributed by atoms with E-state index in [0.29, 0.717) is 32.5 Å². The average molecular weight is 478 g/mol. The van der Waals surface area contributed by atoms with Crippen LogP contribution in [0.5, 0.6) is 0 Å². The van der Waals surface area contributed by atoms with Crippen LogP contribution in [0.4, 0.5) is 5.69 Å². The Morgan fingerprint density at radius 3 is 2.40 bits per heavy atom. The maximum Gasteiger partial charge on any atom is 0.328 e. The van der Waals surface area contributed by atoms with E-state index in [4.69, 9.17) is 0 Å². The number of carbonyl (C=O) groups excluding carboxylic acids is 2. The van der Waals surface area contributed by atoms with Crippen LogP contribution in [-0.4, -0.2) is 64.0 Å². The first-order valence-corrected chi connectivity index (χ1v) is 12.2. The quantitative estimate of drug-likeness (QED) is 0.581. The smallest absolute Gasteiger partial charge is 0.328 e. The summed E-state index contributed by atoms with van der Waals surface area (Å²) in [5.74, 6) is 0.104. The van der Waals surface area contributed by atoms with Gasteiger partial charge in [0.25, 0.3) is 0 Å². The highest BCUT2D eigenvalue weighted by Crippen LogP contribution is 2.24. The summed E-state index contributed by atoms with van der Waals surface area (Å²) < 4.78 is 3.28. The van der Waals surface area contributed by atoms with Gasteiger partial charge in [-0.05, 0) is 55.8 Å². The summed E-state index contributed by atoms with van der Waals surface area (Å²) in [6, 6.07) is 13.8. The minimum atomic E-state index is -0.0563. The van der Waals surface area contributed by atoms with Crippen molar-refractivity contribution in [3.8, 4) is 0 Å². The van der Waals surface area contributed by atoms with Gasteiger partial charge in [-0.3, -0.25) is 18.7 Å². The fraction of sp³-hybridized carbons (Fsp3) is 0.444. The molecule has 0 saturated carbocycles. The summed E-state index contributed by atoms with van der Waals surface area (Å²) in [5.41, 5.74) is 4.61. The van der Waals surface area contributed by atoms with Crippen molar-refractivity contribution in [3.63, 3.8) is 0 Å². The molecule has 1 aromatic heterocycles. The number of aromatic nitrogens is 2. The Labute approximate surface area is 206 Å². The van der Waals surface area contributed by atoms with Crippen LogP contribution in [0.2, 0.25) is 0 Å². The minimum absolute atomic E-state index is 0.0166. The molecule has 35 heavy (non-hydrogen) atoms. The Morgan fingerprint density at radius 1 is 0.886 bits per heavy atom. The summed E-state index contributed by atoms with van der Waals surface area (Å²) in [6.07, 6.45) is 1.86. The molecule has 8 heteroatoms. The molecule has 0 bridgehead atoms. The third kappa shape index (κ3) is 5.32. The zero-order valence-corrected chi connectivity index (χ0v) is 21.2. The largest absolute Gasteiger partial charge is 0.337 e. The first kappa shape index (κ1) is 24.7. The van der Waals surface area contributed by atoms with E-state index in [2.05, 4.69) is 11.9 Å². The van der Waals surface area contributed by atoms with Crippen molar-refractivity contribution >= 4 is 28.5 Å². The number of hydrogen-bond acceptors (Lipinski definition) is 4. The van der Waals surface area contributed by atoms with E-state index in [1.54, 1.807) is 30.2 Å². The maximum atomic E-state index is 13.4. The van der Waals surface area contributed by atoms with Gasteiger partial charge in [0.2, 0.25) is 11.8 Å². The zero-order valence-electron chi connectivity index (χ0n) is 21.2. The Kier molecular flexibility index (Phi) is 7.40. The zero-order chi connectivity index (χ0) is 25.1. The number of carbonyl (C=O) groups is 2. The molecule has 0 atom stereocenters. The topological polar surface area (TPSA) is 70.8 Å². The van der Waals surface area contributed by atoms with E-state index in [1.807, 2.05) is 52.3 Å². The number of fused-ring (bicyclic) bond motifs is 2. The van der Waals surface area contributed by atoms with Crippen LogP contribution in [0.3, 0.4) is 0 Å². The van der Waals surface area contributed by atoms with E-state index in [-0.39, 0.29) is 17.5 Å². The second kappa shape index (κ2) is 10.5. The van der Waals surface area contributed by atoms with Gasteiger partial charge in [0.15, 0.2) is 0 Å². The number of nitrogens with zero attached hydrogens (tertiary/aromatic N) is 5. The van der Waals surface area contributed by atoms with E-state index < -0.39 is 0 Å². The number of aryl methyl sites for hydroxylation is 3. The molecular weight excluding hydrogens is 442 g/mol. The summed E-state index contributed by atoms with van der Waals surface area (Å²) in [7, 11) is 5.60. The lowest BCUT2D eigenvalue weighted by Crippen LogP contribution is -2.37. The van der Waals surface area contributed by atoms with Gasteiger partial charge in [-0.15, -0.1) is 0 Å². The van der Waals surface area contributed by atoms with Crippen molar-refractivity contribution in [2.45, 2.75) is 32.7 Å². The van der Waals surface area contributed by atoms with Crippen LogP contribution in [0.15, 0.2) is 47.3 Å². The number of anilines is 1. The molecule has 0 fully saturated rings. The predicted octanol–water partition coefficient (Wildman–Crippen LogP) is 2.53. The normalized spacial score (nSPS) is 15.7. The molecule has 4 rings (SSSR count). The van der Waals surface area contributed by atoms with Crippen molar-refractivity contribution < 1.29 is 9.59 Å². The molecule has 186 valence electrons. The van der Waals surface area contributed by atoms with E-state index in [1.165, 1.54) is 0 Å². The lowest BCUT2D eigenvalue weighted by atomic mass is 10.1. The Bertz CT molecular complexity index is 1290. The highest BCUT2D eigenvalue weighted by atomic mass is 16.2. The molecule has 0 aliphatic carbocycles. The number of likely N-dealkylation sites (N-methyl/N-ethyl adjacent to an activating group) is 1. The summed E-state index contributed by atoms with van der Waals surface area (Å²) >= 11 is 0. The molecule has 0 unspecified atom stereocenters. The first-order valence-electron chi connectivity index (χ1n) is 12.2. The fourth-order valence-electron chi connectivity index (χ4n) is 4.87. The molecule has 0 radical (unpaired) electrons. The number of imidazole rings is 1. The fourth-order valence-corrected chi connectivity index (χ4v) is 4.87. The molecule has 0 spiro atoms. The molecule has 3 aromatic rings. The molecule has 0 N–H and O–H groups in total. The van der Waals surface area contributed by atoms with Gasteiger partial charge in [0.1, 0.15) is 0 Å². The third-order valence-electron chi connectivity index (χ3n) is 7.01. The Morgan fingerprint density at radius 2 is 1.63 bits per heavy atom. The summed E-state index contributed by atoms with van der Waals surface area (Å²) in [6.45, 7) is 5.02. The van der Waals surface area contributed by atoms with Crippen LogP contribution < -0.4 is 10.6 Å². The molecule has 0 saturated heterocycles. The van der Waals surface area contributed by atoms with Crippen molar-refractivity contribution in [2.75, 3.05) is 38.1 Å². The first-order chi connectivity index (χ1) is 16.8. The minimum Gasteiger partial charge on any atom is -0.337 e. The maximum absolute atomic E-state index is 13.4. The van der Waals surface area contributed by atoms with Crippen LogP contribution >= 0.6 is 0 Å². The van der Waals surface area contributed by atoms with Gasteiger partial charge in [-0.2, -0.15) is 0 Å². The standard InChI is InChI=1S/C27H35N5O3/c1-20(33)32-15-7-14-28(2)16-17-31(19-22-8-5-6-9-23(22)32)26(34)13-11-21-10-12-24-25(18-21)30(4)27(35)29(24)3/h5-6,8-10,12,18H,7,11,13-17,19H2,1-4H3. The van der Waals surface area contributed by atoms with Crippen LogP contribution in [0, 0.1) is 0 Å². The molecular formula is C27H35N5O3. The lowest BCUT2D eigenvalue weighted by molar-refractivity contribution is -0.132. The number of amides is 2. The van der Waals surface area contributed by atoms with Crippen molar-refractivity contribution in [2.24, 2.45) is 14.1 Å². The van der Waals surface area contributed by atoms with Gasteiger partial charge in [-0.25, -0.2) is 4.79 Å². The molecule has 1 aliphatic heterocycles. The molecule has 1 aliphatic rings. The SMILES string of the molecule is CC(=O)N1CCCN(C)CCN(C(=O)CCc2ccc3c(c2)n(C)c(=O)n3C)Cc2ccccc21. The van der Waals surface area contributed by atoms with Gasteiger partial charge in [-0.1, -0.05) is 24.3 Å². The predicted molar refractivity (Wildman–Crippen MR) is 138 cm³/mol. The second-order valence-corrected chi connectivity index (χ2v) is 9.50. The van der Waals surface area contributed by atoms with Gasteiger partial charge in [0.05, 0.1) is 11.0 Å². The Hall–Kier alpha value is -3.39. The lowest BCUT2D eigenvalue weighted by Gasteiger charge is -2.27. The summed E-state index contributed by atoms with van der Waals surface area (Å²) in [5, 5.41) is 0. The molecule has 2 aromatic carbocycles.